The zero-order valence-corrected chi connectivity index (χ0v) is 9.10. The number of carboxylic acids is 2. The predicted molar refractivity (Wildman–Crippen MR) is 52.5 cm³/mol. The van der Waals surface area contributed by atoms with Crippen LogP contribution in [0.1, 0.15) is 33.6 Å². The first-order valence-corrected chi connectivity index (χ1v) is 4.41. The Labute approximate surface area is 88.2 Å². The van der Waals surface area contributed by atoms with Gasteiger partial charge in [-0.2, -0.15) is 0 Å². The molecule has 6 nitrogen and oxygen atoms in total. The van der Waals surface area contributed by atoms with Gasteiger partial charge in [0.2, 0.25) is 0 Å². The summed E-state index contributed by atoms with van der Waals surface area (Å²) in [6.45, 7) is 4.69. The van der Waals surface area contributed by atoms with Gasteiger partial charge in [-0.15, -0.1) is 0 Å². The standard InChI is InChI=1S/C5H12O2.C4H6O4/c1-4(6)5(2,3)7;5-3(6)1-2-4(7)8/h4,6-7H,1-3H3;1-2H2,(H,5,6)(H,7,8). The van der Waals surface area contributed by atoms with E-state index in [0.29, 0.717) is 0 Å². The summed E-state index contributed by atoms with van der Waals surface area (Å²) in [6.07, 6.45) is -1.24. The molecule has 0 bridgehead atoms. The van der Waals surface area contributed by atoms with Crippen molar-refractivity contribution in [2.45, 2.75) is 45.3 Å². The van der Waals surface area contributed by atoms with Gasteiger partial charge in [0.1, 0.15) is 0 Å². The maximum atomic E-state index is 9.64. The molecule has 0 rings (SSSR count). The first kappa shape index (κ1) is 16.3. The maximum absolute atomic E-state index is 9.64. The Hall–Kier alpha value is -1.14. The van der Waals surface area contributed by atoms with Crippen LogP contribution < -0.4 is 0 Å². The zero-order chi connectivity index (χ0) is 12.6. The number of aliphatic carboxylic acids is 2. The average molecular weight is 222 g/mol. The second-order valence-electron chi connectivity index (χ2n) is 3.62. The number of aliphatic hydroxyl groups excluding tert-OH is 1. The average Bonchev–Trinajstić information content (AvgIpc) is 2.00. The third kappa shape index (κ3) is 15.6. The van der Waals surface area contributed by atoms with Gasteiger partial charge in [0, 0.05) is 0 Å². The van der Waals surface area contributed by atoms with Gasteiger partial charge >= 0.3 is 11.9 Å². The summed E-state index contributed by atoms with van der Waals surface area (Å²) in [4.78, 5) is 19.3. The molecule has 0 aliphatic heterocycles. The second kappa shape index (κ2) is 7.19. The van der Waals surface area contributed by atoms with E-state index in [9.17, 15) is 9.59 Å². The summed E-state index contributed by atoms with van der Waals surface area (Å²) in [5.41, 5.74) is -0.944. The maximum Gasteiger partial charge on any atom is 0.303 e. The summed E-state index contributed by atoms with van der Waals surface area (Å²) < 4.78 is 0. The fourth-order valence-electron chi connectivity index (χ4n) is 0.214. The van der Waals surface area contributed by atoms with Crippen LogP contribution >= 0.6 is 0 Å². The van der Waals surface area contributed by atoms with Gasteiger partial charge < -0.3 is 20.4 Å². The Morgan fingerprint density at radius 1 is 1.13 bits per heavy atom. The van der Waals surface area contributed by atoms with Crippen LogP contribution in [0.15, 0.2) is 0 Å². The quantitative estimate of drug-likeness (QED) is 0.535. The van der Waals surface area contributed by atoms with Gasteiger partial charge in [0.25, 0.3) is 0 Å². The molecule has 0 heterocycles. The van der Waals surface area contributed by atoms with Crippen LogP contribution in [0.3, 0.4) is 0 Å². The predicted octanol–water partition coefficient (Wildman–Crippen LogP) is 0.0739. The minimum absolute atomic E-state index is 0.296. The molecule has 0 saturated carbocycles. The summed E-state index contributed by atoms with van der Waals surface area (Å²) in [6, 6.07) is 0. The molecule has 4 N–H and O–H groups in total. The molecule has 0 aliphatic carbocycles. The molecule has 0 saturated heterocycles. The number of aliphatic hydroxyl groups is 2. The lowest BCUT2D eigenvalue weighted by Gasteiger charge is -2.19. The normalized spacial score (nSPS) is 12.3. The van der Waals surface area contributed by atoms with E-state index in [1.165, 1.54) is 0 Å². The summed E-state index contributed by atoms with van der Waals surface area (Å²) in [7, 11) is 0. The van der Waals surface area contributed by atoms with Crippen molar-refractivity contribution in [3.05, 3.63) is 0 Å². The molecule has 0 aromatic carbocycles. The first-order valence-electron chi connectivity index (χ1n) is 4.41. The van der Waals surface area contributed by atoms with Crippen LogP contribution in [0.25, 0.3) is 0 Å². The van der Waals surface area contributed by atoms with E-state index in [1.54, 1.807) is 20.8 Å². The SMILES string of the molecule is CC(O)C(C)(C)O.O=C(O)CCC(=O)O. The summed E-state index contributed by atoms with van der Waals surface area (Å²) in [5, 5.41) is 33.3. The molecular weight excluding hydrogens is 204 g/mol. The number of rotatable bonds is 4. The van der Waals surface area contributed by atoms with Gasteiger partial charge in [-0.05, 0) is 20.8 Å². The smallest absolute Gasteiger partial charge is 0.303 e. The van der Waals surface area contributed by atoms with Gasteiger partial charge in [0.05, 0.1) is 24.5 Å². The molecule has 0 aliphatic rings. The number of hydrogen-bond donors (Lipinski definition) is 4. The zero-order valence-electron chi connectivity index (χ0n) is 9.10. The Kier molecular flexibility index (Phi) is 7.81. The monoisotopic (exact) mass is 222 g/mol. The highest BCUT2D eigenvalue weighted by molar-refractivity contribution is 5.75. The van der Waals surface area contributed by atoms with E-state index in [4.69, 9.17) is 20.4 Å². The largest absolute Gasteiger partial charge is 0.481 e. The van der Waals surface area contributed by atoms with Crippen LogP contribution in [0.5, 0.6) is 0 Å². The minimum atomic E-state index is -1.08. The topological polar surface area (TPSA) is 115 Å². The number of carboxylic acid groups (broad SMARTS) is 2. The highest BCUT2D eigenvalue weighted by Gasteiger charge is 2.18. The van der Waals surface area contributed by atoms with Crippen molar-refractivity contribution in [2.24, 2.45) is 0 Å². The molecule has 1 atom stereocenters. The van der Waals surface area contributed by atoms with Crippen LogP contribution in [0, 0.1) is 0 Å². The first-order chi connectivity index (χ1) is 6.57. The van der Waals surface area contributed by atoms with Crippen molar-refractivity contribution in [3.63, 3.8) is 0 Å². The third-order valence-electron chi connectivity index (χ3n) is 1.58. The highest BCUT2D eigenvalue weighted by Crippen LogP contribution is 2.05. The molecule has 1 unspecified atom stereocenters. The van der Waals surface area contributed by atoms with Crippen molar-refractivity contribution in [2.75, 3.05) is 0 Å². The van der Waals surface area contributed by atoms with Crippen molar-refractivity contribution in [1.29, 1.82) is 0 Å². The minimum Gasteiger partial charge on any atom is -0.481 e. The fourth-order valence-corrected chi connectivity index (χ4v) is 0.214. The van der Waals surface area contributed by atoms with Crippen LogP contribution in [0.2, 0.25) is 0 Å². The molecule has 15 heavy (non-hydrogen) atoms. The fraction of sp³-hybridized carbons (Fsp3) is 0.778. The molecule has 90 valence electrons. The van der Waals surface area contributed by atoms with Gasteiger partial charge in [-0.3, -0.25) is 9.59 Å². The number of carbonyl (C=O) groups is 2. The molecule has 0 aromatic rings. The van der Waals surface area contributed by atoms with Crippen molar-refractivity contribution in [1.82, 2.24) is 0 Å². The van der Waals surface area contributed by atoms with Gasteiger partial charge in [0.15, 0.2) is 0 Å². The van der Waals surface area contributed by atoms with E-state index < -0.39 is 23.6 Å². The molecule has 0 amide bonds. The molecule has 0 aromatic heterocycles. The van der Waals surface area contributed by atoms with Crippen LogP contribution in [-0.4, -0.2) is 44.1 Å². The summed E-state index contributed by atoms with van der Waals surface area (Å²) in [5.74, 6) is -2.15. The second-order valence-corrected chi connectivity index (χ2v) is 3.62. The Morgan fingerprint density at radius 2 is 1.33 bits per heavy atom. The Morgan fingerprint density at radius 3 is 1.40 bits per heavy atom. The van der Waals surface area contributed by atoms with E-state index in [2.05, 4.69) is 0 Å². The van der Waals surface area contributed by atoms with Gasteiger partial charge in [-0.1, -0.05) is 0 Å². The van der Waals surface area contributed by atoms with Crippen molar-refractivity contribution >= 4 is 11.9 Å². The Bertz CT molecular complexity index is 189. The molecule has 0 radical (unpaired) electrons. The number of hydrogen-bond acceptors (Lipinski definition) is 4. The lowest BCUT2D eigenvalue weighted by molar-refractivity contribution is -0.143. The van der Waals surface area contributed by atoms with E-state index in [-0.39, 0.29) is 12.8 Å². The summed E-state index contributed by atoms with van der Waals surface area (Å²) >= 11 is 0. The van der Waals surface area contributed by atoms with E-state index >= 15 is 0 Å². The molecular formula is C9H18O6. The van der Waals surface area contributed by atoms with Gasteiger partial charge in [-0.25, -0.2) is 0 Å². The lowest BCUT2D eigenvalue weighted by Crippen LogP contribution is -2.32. The third-order valence-corrected chi connectivity index (χ3v) is 1.58. The van der Waals surface area contributed by atoms with E-state index in [0.717, 1.165) is 0 Å². The van der Waals surface area contributed by atoms with Crippen LogP contribution in [-0.2, 0) is 9.59 Å². The van der Waals surface area contributed by atoms with Crippen molar-refractivity contribution in [3.8, 4) is 0 Å². The Balaban J connectivity index is 0. The van der Waals surface area contributed by atoms with E-state index in [1.807, 2.05) is 0 Å². The molecule has 0 spiro atoms. The highest BCUT2D eigenvalue weighted by atomic mass is 16.4. The lowest BCUT2D eigenvalue weighted by atomic mass is 10.0. The molecule has 6 heteroatoms. The molecule has 0 fully saturated rings. The van der Waals surface area contributed by atoms with Crippen LogP contribution in [0.4, 0.5) is 0 Å². The van der Waals surface area contributed by atoms with Crippen molar-refractivity contribution < 1.29 is 30.0 Å².